The van der Waals surface area contributed by atoms with E-state index in [1.54, 1.807) is 0 Å². The lowest BCUT2D eigenvalue weighted by atomic mass is 10.1. The van der Waals surface area contributed by atoms with Crippen LogP contribution in [0.1, 0.15) is 18.4 Å². The third-order valence-corrected chi connectivity index (χ3v) is 3.16. The van der Waals surface area contributed by atoms with Crippen molar-refractivity contribution in [3.05, 3.63) is 23.8 Å². The van der Waals surface area contributed by atoms with Crippen LogP contribution in [0.15, 0.2) is 18.2 Å². The van der Waals surface area contributed by atoms with Crippen molar-refractivity contribution < 1.29 is 5.11 Å². The van der Waals surface area contributed by atoms with Crippen LogP contribution in [0.4, 0.5) is 11.4 Å². The molecule has 1 aliphatic carbocycles. The quantitative estimate of drug-likeness (QED) is 0.658. The van der Waals surface area contributed by atoms with Crippen LogP contribution >= 0.6 is 0 Å². The van der Waals surface area contributed by atoms with E-state index < -0.39 is 0 Å². The molecule has 0 unspecified atom stereocenters. The maximum Gasteiger partial charge on any atom is 0.0576 e. The summed E-state index contributed by atoms with van der Waals surface area (Å²) < 4.78 is 0. The predicted octanol–water partition coefficient (Wildman–Crippen LogP) is 1.76. The van der Waals surface area contributed by atoms with E-state index >= 15 is 0 Å². The smallest absolute Gasteiger partial charge is 0.0576 e. The van der Waals surface area contributed by atoms with Gasteiger partial charge in [-0.05, 0) is 37.5 Å². The van der Waals surface area contributed by atoms with Crippen LogP contribution in [0, 0.1) is 12.3 Å². The van der Waals surface area contributed by atoms with E-state index in [2.05, 4.69) is 5.32 Å². The molecule has 0 spiro atoms. The van der Waals surface area contributed by atoms with E-state index in [1.165, 1.54) is 5.56 Å². The van der Waals surface area contributed by atoms with Crippen molar-refractivity contribution in [1.29, 1.82) is 0 Å². The minimum atomic E-state index is 0.121. The number of benzene rings is 1. The lowest BCUT2D eigenvalue weighted by molar-refractivity contribution is 0.220. The highest BCUT2D eigenvalue weighted by atomic mass is 16.3. The van der Waals surface area contributed by atoms with Crippen molar-refractivity contribution in [2.75, 3.05) is 24.2 Å². The number of aryl methyl sites for hydroxylation is 1. The van der Waals surface area contributed by atoms with Crippen molar-refractivity contribution >= 4 is 11.4 Å². The van der Waals surface area contributed by atoms with E-state index in [9.17, 15) is 5.11 Å². The molecular weight excluding hydrogens is 188 g/mol. The Hall–Kier alpha value is -1.22. The van der Waals surface area contributed by atoms with Crippen LogP contribution < -0.4 is 11.1 Å². The fourth-order valence-electron chi connectivity index (χ4n) is 1.67. The van der Waals surface area contributed by atoms with Crippen LogP contribution in [0.5, 0.6) is 0 Å². The molecule has 82 valence electrons. The largest absolute Gasteiger partial charge is 0.397 e. The molecule has 1 aromatic carbocycles. The Labute approximate surface area is 90.3 Å². The van der Waals surface area contributed by atoms with Gasteiger partial charge < -0.3 is 16.2 Å². The molecule has 1 saturated carbocycles. The number of aliphatic hydroxyl groups is 1. The first-order valence-electron chi connectivity index (χ1n) is 5.36. The minimum absolute atomic E-state index is 0.121. The molecule has 0 heterocycles. The molecule has 1 aliphatic rings. The molecule has 4 N–H and O–H groups in total. The predicted molar refractivity (Wildman–Crippen MR) is 62.8 cm³/mol. The van der Waals surface area contributed by atoms with Crippen LogP contribution in [0.3, 0.4) is 0 Å². The number of rotatable bonds is 4. The molecule has 0 bridgehead atoms. The summed E-state index contributed by atoms with van der Waals surface area (Å²) >= 11 is 0. The number of hydrogen-bond acceptors (Lipinski definition) is 3. The second kappa shape index (κ2) is 3.74. The van der Waals surface area contributed by atoms with E-state index in [-0.39, 0.29) is 12.0 Å². The van der Waals surface area contributed by atoms with Gasteiger partial charge in [-0.25, -0.2) is 0 Å². The Balaban J connectivity index is 2.01. The molecule has 3 nitrogen and oxygen atoms in total. The standard InChI is InChI=1S/C12H18N2O/c1-9-2-3-10(13)11(6-9)14-7-12(8-15)4-5-12/h2-3,6,14-15H,4-5,7-8,13H2,1H3. The third kappa shape index (κ3) is 2.23. The molecule has 1 fully saturated rings. The summed E-state index contributed by atoms with van der Waals surface area (Å²) in [5.41, 5.74) is 8.93. The molecule has 0 saturated heterocycles. The van der Waals surface area contributed by atoms with E-state index in [0.29, 0.717) is 0 Å². The summed E-state index contributed by atoms with van der Waals surface area (Å²) in [6.07, 6.45) is 2.23. The van der Waals surface area contributed by atoms with Gasteiger partial charge in [0.05, 0.1) is 18.0 Å². The number of nitrogens with two attached hydrogens (primary N) is 1. The van der Waals surface area contributed by atoms with Gasteiger partial charge in [-0.2, -0.15) is 0 Å². The Morgan fingerprint density at radius 2 is 2.20 bits per heavy atom. The summed E-state index contributed by atoms with van der Waals surface area (Å²) in [4.78, 5) is 0. The summed E-state index contributed by atoms with van der Waals surface area (Å²) in [5.74, 6) is 0. The monoisotopic (exact) mass is 206 g/mol. The zero-order valence-corrected chi connectivity index (χ0v) is 9.09. The lowest BCUT2D eigenvalue weighted by Crippen LogP contribution is -2.19. The van der Waals surface area contributed by atoms with Crippen LogP contribution in [0.2, 0.25) is 0 Å². The summed E-state index contributed by atoms with van der Waals surface area (Å²) in [6.45, 7) is 3.13. The zero-order chi connectivity index (χ0) is 10.9. The molecule has 0 amide bonds. The third-order valence-electron chi connectivity index (χ3n) is 3.16. The van der Waals surface area contributed by atoms with Gasteiger partial charge >= 0.3 is 0 Å². The van der Waals surface area contributed by atoms with Crippen molar-refractivity contribution in [3.63, 3.8) is 0 Å². The number of nitrogen functional groups attached to an aromatic ring is 1. The number of nitrogens with one attached hydrogen (secondary N) is 1. The van der Waals surface area contributed by atoms with E-state index in [0.717, 1.165) is 30.8 Å². The fourth-order valence-corrected chi connectivity index (χ4v) is 1.67. The topological polar surface area (TPSA) is 58.3 Å². The lowest BCUT2D eigenvalue weighted by Gasteiger charge is -2.15. The SMILES string of the molecule is Cc1ccc(N)c(NCC2(CO)CC2)c1. The van der Waals surface area contributed by atoms with Gasteiger partial charge in [0.25, 0.3) is 0 Å². The highest BCUT2D eigenvalue weighted by Gasteiger charge is 2.41. The Morgan fingerprint density at radius 3 is 2.80 bits per heavy atom. The van der Waals surface area contributed by atoms with Gasteiger partial charge in [0.1, 0.15) is 0 Å². The summed E-state index contributed by atoms with van der Waals surface area (Å²) in [5, 5.41) is 12.5. The average Bonchev–Trinajstić information content (AvgIpc) is 3.00. The van der Waals surface area contributed by atoms with Gasteiger partial charge in [0, 0.05) is 12.0 Å². The molecule has 0 aromatic heterocycles. The van der Waals surface area contributed by atoms with Crippen molar-refractivity contribution in [3.8, 4) is 0 Å². The molecule has 0 atom stereocenters. The molecule has 3 heteroatoms. The highest BCUT2D eigenvalue weighted by Crippen LogP contribution is 2.45. The van der Waals surface area contributed by atoms with Crippen LogP contribution in [0.25, 0.3) is 0 Å². The molecule has 0 radical (unpaired) electrons. The van der Waals surface area contributed by atoms with Crippen molar-refractivity contribution in [2.24, 2.45) is 5.41 Å². The van der Waals surface area contributed by atoms with Gasteiger partial charge in [0.15, 0.2) is 0 Å². The van der Waals surface area contributed by atoms with Gasteiger partial charge in [-0.1, -0.05) is 6.07 Å². The maximum atomic E-state index is 9.19. The molecule has 15 heavy (non-hydrogen) atoms. The van der Waals surface area contributed by atoms with Crippen molar-refractivity contribution in [1.82, 2.24) is 0 Å². The normalized spacial score (nSPS) is 17.5. The second-order valence-corrected chi connectivity index (χ2v) is 4.60. The molecule has 1 aromatic rings. The van der Waals surface area contributed by atoms with Crippen molar-refractivity contribution in [2.45, 2.75) is 19.8 Å². The number of aliphatic hydroxyl groups excluding tert-OH is 1. The first-order valence-corrected chi connectivity index (χ1v) is 5.36. The Morgan fingerprint density at radius 1 is 1.47 bits per heavy atom. The van der Waals surface area contributed by atoms with Gasteiger partial charge in [-0.3, -0.25) is 0 Å². The minimum Gasteiger partial charge on any atom is -0.397 e. The molecule has 2 rings (SSSR count). The molecule has 0 aliphatic heterocycles. The summed E-state index contributed by atoms with van der Waals surface area (Å²) in [7, 11) is 0. The van der Waals surface area contributed by atoms with E-state index in [4.69, 9.17) is 5.73 Å². The average molecular weight is 206 g/mol. The summed E-state index contributed by atoms with van der Waals surface area (Å²) in [6, 6.07) is 5.96. The number of hydrogen-bond donors (Lipinski definition) is 3. The highest BCUT2D eigenvalue weighted by molar-refractivity contribution is 5.67. The van der Waals surface area contributed by atoms with Crippen LogP contribution in [-0.2, 0) is 0 Å². The first-order chi connectivity index (χ1) is 7.15. The Bertz CT molecular complexity index is 359. The fraction of sp³-hybridized carbons (Fsp3) is 0.500. The maximum absolute atomic E-state index is 9.19. The number of anilines is 2. The first kappa shape index (κ1) is 10.3. The zero-order valence-electron chi connectivity index (χ0n) is 9.09. The Kier molecular flexibility index (Phi) is 2.57. The van der Waals surface area contributed by atoms with Gasteiger partial charge in [-0.15, -0.1) is 0 Å². The van der Waals surface area contributed by atoms with E-state index in [1.807, 2.05) is 25.1 Å². The van der Waals surface area contributed by atoms with Gasteiger partial charge in [0.2, 0.25) is 0 Å². The molecular formula is C12H18N2O. The second-order valence-electron chi connectivity index (χ2n) is 4.60. The van der Waals surface area contributed by atoms with Crippen LogP contribution in [-0.4, -0.2) is 18.3 Å².